The molecule has 1 saturated heterocycles. The molecule has 0 spiro atoms. The second-order valence-electron chi connectivity index (χ2n) is 5.26. The van der Waals surface area contributed by atoms with E-state index in [-0.39, 0.29) is 0 Å². The first kappa shape index (κ1) is 15.1. The van der Waals surface area contributed by atoms with Gasteiger partial charge in [-0.1, -0.05) is 0 Å². The molecule has 1 aliphatic rings. The number of benzene rings is 1. The number of rotatable bonds is 3. The van der Waals surface area contributed by atoms with Gasteiger partial charge in [-0.3, -0.25) is 0 Å². The molecular weight excluding hydrogens is 423 g/mol. The zero-order valence-electron chi connectivity index (χ0n) is 12.3. The smallest absolute Gasteiger partial charge is 0.227 e. The van der Waals surface area contributed by atoms with Gasteiger partial charge in [0.2, 0.25) is 5.95 Å². The highest BCUT2D eigenvalue weighted by molar-refractivity contribution is 14.1. The predicted octanol–water partition coefficient (Wildman–Crippen LogP) is 3.88. The largest absolute Gasteiger partial charge is 0.378 e. The van der Waals surface area contributed by atoms with Crippen LogP contribution in [0.1, 0.15) is 0 Å². The van der Waals surface area contributed by atoms with Crippen molar-refractivity contribution in [3.8, 4) is 0 Å². The molecule has 0 radical (unpaired) electrons. The second kappa shape index (κ2) is 6.58. The van der Waals surface area contributed by atoms with Crippen molar-refractivity contribution in [3.05, 3.63) is 39.4 Å². The van der Waals surface area contributed by atoms with E-state index in [1.807, 2.05) is 6.20 Å². The molecule has 1 aromatic carbocycles. The summed E-state index contributed by atoms with van der Waals surface area (Å²) in [5.74, 6) is 0.632. The molecule has 2 aromatic heterocycles. The van der Waals surface area contributed by atoms with E-state index in [4.69, 9.17) is 4.74 Å². The molecule has 0 aliphatic carbocycles. The summed E-state index contributed by atoms with van der Waals surface area (Å²) in [6.45, 7) is 3.49. The monoisotopic (exact) mass is 438 g/mol. The van der Waals surface area contributed by atoms with E-state index < -0.39 is 0 Å². The van der Waals surface area contributed by atoms with Crippen LogP contribution in [0.3, 0.4) is 0 Å². The topological polar surface area (TPSA) is 50.3 Å². The Morgan fingerprint density at radius 2 is 1.96 bits per heavy atom. The van der Waals surface area contributed by atoms with Crippen LogP contribution in [0.2, 0.25) is 0 Å². The fraction of sp³-hybridized carbons (Fsp3) is 0.250. The molecule has 0 bridgehead atoms. The molecular formula is C16H15IN4OS. The van der Waals surface area contributed by atoms with Gasteiger partial charge in [0, 0.05) is 29.8 Å². The van der Waals surface area contributed by atoms with Crippen LogP contribution in [0.15, 0.2) is 35.8 Å². The first-order chi connectivity index (χ1) is 11.3. The van der Waals surface area contributed by atoms with Gasteiger partial charge in [-0.05, 0) is 46.9 Å². The van der Waals surface area contributed by atoms with Gasteiger partial charge >= 0.3 is 0 Å². The molecule has 1 aliphatic heterocycles. The Kier molecular flexibility index (Phi) is 4.32. The van der Waals surface area contributed by atoms with Crippen molar-refractivity contribution in [1.29, 1.82) is 0 Å². The van der Waals surface area contributed by atoms with Gasteiger partial charge in [0.1, 0.15) is 0 Å². The van der Waals surface area contributed by atoms with Crippen LogP contribution in [0.5, 0.6) is 0 Å². The predicted molar refractivity (Wildman–Crippen MR) is 103 cm³/mol. The van der Waals surface area contributed by atoms with Gasteiger partial charge in [0.15, 0.2) is 0 Å². The number of anilines is 3. The summed E-state index contributed by atoms with van der Waals surface area (Å²) < 4.78 is 7.67. The highest BCUT2D eigenvalue weighted by Crippen LogP contribution is 2.27. The summed E-state index contributed by atoms with van der Waals surface area (Å²) in [5.41, 5.74) is 3.23. The minimum atomic E-state index is 0.632. The lowest BCUT2D eigenvalue weighted by atomic mass is 10.2. The molecule has 1 N–H and O–H groups in total. The fourth-order valence-corrected chi connectivity index (χ4v) is 4.26. The van der Waals surface area contributed by atoms with Gasteiger partial charge in [-0.2, -0.15) is 0 Å². The van der Waals surface area contributed by atoms with Gasteiger partial charge < -0.3 is 15.0 Å². The van der Waals surface area contributed by atoms with E-state index in [0.717, 1.165) is 45.8 Å². The summed E-state index contributed by atoms with van der Waals surface area (Å²) in [7, 11) is 0. The highest BCUT2D eigenvalue weighted by atomic mass is 127. The number of nitrogens with zero attached hydrogens (tertiary/aromatic N) is 3. The Labute approximate surface area is 151 Å². The molecule has 0 unspecified atom stereocenters. The quantitative estimate of drug-likeness (QED) is 0.630. The summed E-state index contributed by atoms with van der Waals surface area (Å²) >= 11 is 3.98. The molecule has 3 heterocycles. The third-order valence-corrected chi connectivity index (χ3v) is 5.92. The summed E-state index contributed by atoms with van der Waals surface area (Å²) in [5, 5.41) is 5.38. The lowest BCUT2D eigenvalue weighted by Gasteiger charge is -2.28. The number of fused-ring (bicyclic) bond motifs is 1. The normalized spacial score (nSPS) is 15.1. The van der Waals surface area contributed by atoms with E-state index >= 15 is 0 Å². The van der Waals surface area contributed by atoms with Crippen LogP contribution in [-0.2, 0) is 4.74 Å². The van der Waals surface area contributed by atoms with Gasteiger partial charge in [-0.25, -0.2) is 9.97 Å². The van der Waals surface area contributed by atoms with E-state index in [1.165, 1.54) is 5.69 Å². The van der Waals surface area contributed by atoms with Crippen LogP contribution in [0, 0.1) is 3.57 Å². The van der Waals surface area contributed by atoms with Crippen molar-refractivity contribution in [2.24, 2.45) is 0 Å². The Morgan fingerprint density at radius 3 is 2.74 bits per heavy atom. The van der Waals surface area contributed by atoms with Gasteiger partial charge in [0.25, 0.3) is 0 Å². The minimum absolute atomic E-state index is 0.632. The summed E-state index contributed by atoms with van der Waals surface area (Å²) in [6, 6.07) is 8.38. The van der Waals surface area contributed by atoms with Crippen molar-refractivity contribution < 1.29 is 4.74 Å². The van der Waals surface area contributed by atoms with Crippen molar-refractivity contribution in [2.45, 2.75) is 0 Å². The lowest BCUT2D eigenvalue weighted by Crippen LogP contribution is -2.36. The number of aromatic nitrogens is 2. The maximum atomic E-state index is 5.39. The average Bonchev–Trinajstić information content (AvgIpc) is 2.97. The van der Waals surface area contributed by atoms with Crippen LogP contribution < -0.4 is 10.2 Å². The van der Waals surface area contributed by atoms with Gasteiger partial charge in [-0.15, -0.1) is 11.3 Å². The number of hydrogen-bond donors (Lipinski definition) is 1. The molecule has 3 aromatic rings. The first-order valence-corrected chi connectivity index (χ1v) is 9.35. The number of nitrogens with one attached hydrogen (secondary N) is 1. The van der Waals surface area contributed by atoms with E-state index in [1.54, 1.807) is 11.3 Å². The van der Waals surface area contributed by atoms with Crippen LogP contribution in [0.4, 0.5) is 17.3 Å². The Balaban J connectivity index is 1.52. The van der Waals surface area contributed by atoms with Crippen LogP contribution in [-0.4, -0.2) is 36.3 Å². The maximum Gasteiger partial charge on any atom is 0.227 e. The molecule has 4 rings (SSSR count). The number of halogens is 1. The lowest BCUT2D eigenvalue weighted by molar-refractivity contribution is 0.122. The van der Waals surface area contributed by atoms with E-state index in [0.29, 0.717) is 5.95 Å². The number of ether oxygens (including phenoxy) is 1. The van der Waals surface area contributed by atoms with Crippen LogP contribution in [0.25, 0.3) is 10.2 Å². The van der Waals surface area contributed by atoms with Crippen molar-refractivity contribution in [1.82, 2.24) is 9.97 Å². The number of hydrogen-bond acceptors (Lipinski definition) is 6. The molecule has 23 heavy (non-hydrogen) atoms. The van der Waals surface area contributed by atoms with Crippen molar-refractivity contribution >= 4 is 61.5 Å². The number of thiophene rings is 1. The molecule has 1 fully saturated rings. The molecule has 5 nitrogen and oxygen atoms in total. The van der Waals surface area contributed by atoms with Crippen molar-refractivity contribution in [2.75, 3.05) is 36.5 Å². The second-order valence-corrected chi connectivity index (χ2v) is 7.33. The molecule has 118 valence electrons. The molecule has 0 amide bonds. The first-order valence-electron chi connectivity index (χ1n) is 7.39. The summed E-state index contributed by atoms with van der Waals surface area (Å²) in [4.78, 5) is 11.3. The van der Waals surface area contributed by atoms with E-state index in [9.17, 15) is 0 Å². The SMILES string of the molecule is Ic1csc2cnc(Nc3ccc(N4CCOCC4)cc3)nc12. The maximum absolute atomic E-state index is 5.39. The fourth-order valence-electron chi connectivity index (χ4n) is 2.57. The molecule has 0 atom stereocenters. The Hall–Kier alpha value is -1.45. The van der Waals surface area contributed by atoms with Crippen molar-refractivity contribution in [3.63, 3.8) is 0 Å². The van der Waals surface area contributed by atoms with Crippen LogP contribution >= 0.6 is 33.9 Å². The van der Waals surface area contributed by atoms with Gasteiger partial charge in [0.05, 0.1) is 33.2 Å². The van der Waals surface area contributed by atoms with E-state index in [2.05, 4.69) is 72.4 Å². The minimum Gasteiger partial charge on any atom is -0.378 e. The third-order valence-electron chi connectivity index (χ3n) is 3.77. The standard InChI is InChI=1S/C16H15IN4OS/c17-13-10-23-14-9-18-16(20-15(13)14)19-11-1-3-12(4-2-11)21-5-7-22-8-6-21/h1-4,9-10H,5-8H2,(H,18,19,20). The molecule has 7 heteroatoms. The summed E-state index contributed by atoms with van der Waals surface area (Å²) in [6.07, 6.45) is 1.87. The Morgan fingerprint density at radius 1 is 1.17 bits per heavy atom. The third kappa shape index (κ3) is 3.26. The molecule has 0 saturated carbocycles. The zero-order chi connectivity index (χ0) is 15.6. The highest BCUT2D eigenvalue weighted by Gasteiger charge is 2.11. The number of morpholine rings is 1. The Bertz CT molecular complexity index is 815. The zero-order valence-corrected chi connectivity index (χ0v) is 15.3. The average molecular weight is 438 g/mol.